The average Bonchev–Trinajstić information content (AvgIpc) is 2.95. The maximum Gasteiger partial charge on any atom is 0.340 e. The zero-order valence-corrected chi connectivity index (χ0v) is 11.1. The molecule has 0 spiro atoms. The maximum absolute atomic E-state index is 11.8. The van der Waals surface area contributed by atoms with E-state index in [1.807, 2.05) is 0 Å². The summed E-state index contributed by atoms with van der Waals surface area (Å²) in [6.45, 7) is 0. The van der Waals surface area contributed by atoms with Crippen LogP contribution < -0.4 is 11.1 Å². The predicted octanol–water partition coefficient (Wildman–Crippen LogP) is 0.601. The summed E-state index contributed by atoms with van der Waals surface area (Å²) in [5.74, 6) is -0.830. The van der Waals surface area contributed by atoms with E-state index < -0.39 is 5.97 Å². The number of ether oxygens (including phenoxy) is 1. The molecule has 1 aromatic carbocycles. The van der Waals surface area contributed by atoms with Gasteiger partial charge in [-0.25, -0.2) is 9.48 Å². The number of amides is 1. The van der Waals surface area contributed by atoms with Crippen LogP contribution in [-0.2, 0) is 4.74 Å². The minimum Gasteiger partial charge on any atom is -0.465 e. The second kappa shape index (κ2) is 5.43. The van der Waals surface area contributed by atoms with Crippen LogP contribution in [0.1, 0.15) is 20.8 Å². The Bertz CT molecular complexity index is 663. The molecule has 0 radical (unpaired) electrons. The van der Waals surface area contributed by atoms with Crippen molar-refractivity contribution in [1.29, 1.82) is 0 Å². The summed E-state index contributed by atoms with van der Waals surface area (Å²) < 4.78 is 6.14. The van der Waals surface area contributed by atoms with Crippen molar-refractivity contribution in [3.8, 4) is 5.69 Å². The third kappa shape index (κ3) is 2.46. The summed E-state index contributed by atoms with van der Waals surface area (Å²) >= 11 is 0. The van der Waals surface area contributed by atoms with Gasteiger partial charge in [0.05, 0.1) is 18.4 Å². The lowest BCUT2D eigenvalue weighted by Gasteiger charge is -2.08. The van der Waals surface area contributed by atoms with Gasteiger partial charge in [-0.2, -0.15) is 5.10 Å². The summed E-state index contributed by atoms with van der Waals surface area (Å²) in [5.41, 5.74) is 7.12. The molecule has 0 bridgehead atoms. The number of nitrogens with one attached hydrogen (secondary N) is 1. The third-order valence-electron chi connectivity index (χ3n) is 2.72. The molecule has 0 atom stereocenters. The first-order valence-corrected chi connectivity index (χ1v) is 5.82. The second-order valence-corrected chi connectivity index (χ2v) is 3.99. The normalized spacial score (nSPS) is 10.1. The Morgan fingerprint density at radius 3 is 2.75 bits per heavy atom. The number of aromatic nitrogens is 2. The lowest BCUT2D eigenvalue weighted by molar-refractivity contribution is 0.0600. The summed E-state index contributed by atoms with van der Waals surface area (Å²) in [4.78, 5) is 23.2. The highest BCUT2D eigenvalue weighted by molar-refractivity contribution is 5.95. The number of nitrogens with two attached hydrogens (primary N) is 1. The molecule has 20 heavy (non-hydrogen) atoms. The van der Waals surface area contributed by atoms with Crippen molar-refractivity contribution in [1.82, 2.24) is 15.1 Å². The molecule has 104 valence electrons. The van der Waals surface area contributed by atoms with Crippen molar-refractivity contribution >= 4 is 17.6 Å². The number of benzene rings is 1. The SMILES string of the molecule is CNC(=O)c1ccn(-c2ccc(N)cc2C(=O)OC)n1. The fourth-order valence-corrected chi connectivity index (χ4v) is 1.73. The molecule has 1 aromatic heterocycles. The van der Waals surface area contributed by atoms with E-state index in [0.717, 1.165) is 0 Å². The molecule has 2 rings (SSSR count). The molecule has 1 amide bonds. The number of rotatable bonds is 3. The van der Waals surface area contributed by atoms with Gasteiger partial charge >= 0.3 is 5.97 Å². The van der Waals surface area contributed by atoms with Gasteiger partial charge in [-0.3, -0.25) is 4.79 Å². The van der Waals surface area contributed by atoms with Gasteiger partial charge in [-0.15, -0.1) is 0 Å². The van der Waals surface area contributed by atoms with Gasteiger partial charge < -0.3 is 15.8 Å². The van der Waals surface area contributed by atoms with Crippen LogP contribution in [0.25, 0.3) is 5.69 Å². The molecule has 2 aromatic rings. The molecule has 3 N–H and O–H groups in total. The minimum atomic E-state index is -0.524. The van der Waals surface area contributed by atoms with Gasteiger partial charge in [-0.05, 0) is 24.3 Å². The van der Waals surface area contributed by atoms with Crippen LogP contribution in [0.5, 0.6) is 0 Å². The number of carbonyl (C=O) groups excluding carboxylic acids is 2. The van der Waals surface area contributed by atoms with Crippen molar-refractivity contribution < 1.29 is 14.3 Å². The van der Waals surface area contributed by atoms with Crippen LogP contribution in [0, 0.1) is 0 Å². The van der Waals surface area contributed by atoms with E-state index in [1.54, 1.807) is 24.4 Å². The van der Waals surface area contributed by atoms with E-state index >= 15 is 0 Å². The van der Waals surface area contributed by atoms with Crippen LogP contribution in [0.4, 0.5) is 5.69 Å². The summed E-state index contributed by atoms with van der Waals surface area (Å²) in [5, 5.41) is 6.59. The van der Waals surface area contributed by atoms with Gasteiger partial charge in [0.25, 0.3) is 5.91 Å². The average molecular weight is 274 g/mol. The predicted molar refractivity (Wildman–Crippen MR) is 72.7 cm³/mol. The van der Waals surface area contributed by atoms with Crippen LogP contribution in [0.2, 0.25) is 0 Å². The number of hydrogen-bond donors (Lipinski definition) is 2. The van der Waals surface area contributed by atoms with E-state index in [0.29, 0.717) is 11.4 Å². The van der Waals surface area contributed by atoms with Crippen molar-refractivity contribution in [2.75, 3.05) is 19.9 Å². The van der Waals surface area contributed by atoms with Crippen LogP contribution in [0.15, 0.2) is 30.5 Å². The van der Waals surface area contributed by atoms with E-state index in [9.17, 15) is 9.59 Å². The fourth-order valence-electron chi connectivity index (χ4n) is 1.73. The molecular weight excluding hydrogens is 260 g/mol. The number of nitrogens with zero attached hydrogens (tertiary/aromatic N) is 2. The van der Waals surface area contributed by atoms with Gasteiger partial charge in [-0.1, -0.05) is 0 Å². The quantitative estimate of drug-likeness (QED) is 0.630. The van der Waals surface area contributed by atoms with Crippen molar-refractivity contribution in [3.05, 3.63) is 41.7 Å². The Kier molecular flexibility index (Phi) is 3.69. The Morgan fingerprint density at radius 1 is 1.35 bits per heavy atom. The Hall–Kier alpha value is -2.83. The molecule has 1 heterocycles. The first kappa shape index (κ1) is 13.6. The van der Waals surface area contributed by atoms with E-state index in [4.69, 9.17) is 10.5 Å². The maximum atomic E-state index is 11.8. The zero-order chi connectivity index (χ0) is 14.7. The number of carbonyl (C=O) groups is 2. The molecular formula is C13H14N4O3. The van der Waals surface area contributed by atoms with E-state index in [1.165, 1.54) is 24.9 Å². The highest BCUT2D eigenvalue weighted by atomic mass is 16.5. The molecule has 0 aliphatic carbocycles. The largest absolute Gasteiger partial charge is 0.465 e. The number of esters is 1. The standard InChI is InChI=1S/C13H14N4O3/c1-15-12(18)10-5-6-17(16-10)11-4-3-8(14)7-9(11)13(19)20-2/h3-7H,14H2,1-2H3,(H,15,18). The van der Waals surface area contributed by atoms with Crippen molar-refractivity contribution in [3.63, 3.8) is 0 Å². The molecule has 0 aliphatic rings. The summed E-state index contributed by atoms with van der Waals surface area (Å²) in [7, 11) is 2.80. The second-order valence-electron chi connectivity index (χ2n) is 3.99. The zero-order valence-electron chi connectivity index (χ0n) is 11.1. The molecule has 0 saturated carbocycles. The Balaban J connectivity index is 2.49. The van der Waals surface area contributed by atoms with Crippen molar-refractivity contribution in [2.45, 2.75) is 0 Å². The van der Waals surface area contributed by atoms with Crippen molar-refractivity contribution in [2.24, 2.45) is 0 Å². The highest BCUT2D eigenvalue weighted by Crippen LogP contribution is 2.18. The fraction of sp³-hybridized carbons (Fsp3) is 0.154. The van der Waals surface area contributed by atoms with E-state index in [2.05, 4.69) is 10.4 Å². The van der Waals surface area contributed by atoms with Gasteiger partial charge in [0.2, 0.25) is 0 Å². The summed E-state index contributed by atoms with van der Waals surface area (Å²) in [6.07, 6.45) is 1.59. The Labute approximate surface area is 115 Å². The topological polar surface area (TPSA) is 99.2 Å². The lowest BCUT2D eigenvalue weighted by Crippen LogP contribution is -2.18. The molecule has 0 aliphatic heterocycles. The minimum absolute atomic E-state index is 0.250. The molecule has 7 nitrogen and oxygen atoms in total. The van der Waals surface area contributed by atoms with Crippen LogP contribution >= 0.6 is 0 Å². The molecule has 0 unspecified atom stereocenters. The Morgan fingerprint density at radius 2 is 2.10 bits per heavy atom. The number of anilines is 1. The van der Waals surface area contributed by atoms with Gasteiger partial charge in [0.15, 0.2) is 5.69 Å². The monoisotopic (exact) mass is 274 g/mol. The first-order valence-electron chi connectivity index (χ1n) is 5.82. The first-order chi connectivity index (χ1) is 9.56. The van der Waals surface area contributed by atoms with E-state index in [-0.39, 0.29) is 17.2 Å². The molecule has 0 fully saturated rings. The van der Waals surface area contributed by atoms with Gasteiger partial charge in [0.1, 0.15) is 0 Å². The number of methoxy groups -OCH3 is 1. The smallest absolute Gasteiger partial charge is 0.340 e. The lowest BCUT2D eigenvalue weighted by atomic mass is 10.1. The molecule has 7 heteroatoms. The highest BCUT2D eigenvalue weighted by Gasteiger charge is 2.16. The number of hydrogen-bond acceptors (Lipinski definition) is 5. The summed E-state index contributed by atoms with van der Waals surface area (Å²) in [6, 6.07) is 6.34. The van der Waals surface area contributed by atoms with Crippen LogP contribution in [0.3, 0.4) is 0 Å². The molecule has 0 saturated heterocycles. The van der Waals surface area contributed by atoms with Gasteiger partial charge in [0, 0.05) is 18.9 Å². The van der Waals surface area contributed by atoms with Crippen LogP contribution in [-0.4, -0.2) is 35.8 Å². The number of nitrogen functional groups attached to an aromatic ring is 1. The third-order valence-corrected chi connectivity index (χ3v) is 2.72.